The minimum atomic E-state index is -3.44. The summed E-state index contributed by atoms with van der Waals surface area (Å²) in [4.78, 5) is 0. The standard InChI is InChI=1S/C13H25ClO3S/c1-12(2)6-9-17-10-13(11-18(14,15)16)7-4-3-5-8-13/h12H,3-11H2,1-2H3. The van der Waals surface area contributed by atoms with Crippen LogP contribution in [0.2, 0.25) is 0 Å². The smallest absolute Gasteiger partial charge is 0.233 e. The molecule has 1 aliphatic rings. The molecule has 0 radical (unpaired) electrons. The first-order valence-electron chi connectivity index (χ1n) is 6.83. The molecule has 0 bridgehead atoms. The molecule has 0 saturated heterocycles. The van der Waals surface area contributed by atoms with E-state index >= 15 is 0 Å². The predicted octanol–water partition coefficient (Wildman–Crippen LogP) is 3.57. The Labute approximate surface area is 116 Å². The third-order valence-electron chi connectivity index (χ3n) is 3.64. The van der Waals surface area contributed by atoms with Gasteiger partial charge in [0.15, 0.2) is 0 Å². The minimum absolute atomic E-state index is 0.0588. The molecule has 1 rings (SSSR count). The Bertz CT molecular complexity index is 332. The first-order valence-corrected chi connectivity index (χ1v) is 9.31. The second-order valence-corrected chi connectivity index (χ2v) is 8.76. The van der Waals surface area contributed by atoms with Crippen molar-refractivity contribution in [2.75, 3.05) is 19.0 Å². The van der Waals surface area contributed by atoms with E-state index in [-0.39, 0.29) is 11.2 Å². The third kappa shape index (κ3) is 6.39. The van der Waals surface area contributed by atoms with Crippen molar-refractivity contribution in [3.05, 3.63) is 0 Å². The Morgan fingerprint density at radius 1 is 1.22 bits per heavy atom. The van der Waals surface area contributed by atoms with Crippen LogP contribution in [-0.2, 0) is 13.8 Å². The molecule has 1 fully saturated rings. The van der Waals surface area contributed by atoms with Crippen LogP contribution in [0, 0.1) is 11.3 Å². The van der Waals surface area contributed by atoms with Crippen LogP contribution < -0.4 is 0 Å². The molecule has 0 spiro atoms. The van der Waals surface area contributed by atoms with Crippen LogP contribution >= 0.6 is 10.7 Å². The lowest BCUT2D eigenvalue weighted by Gasteiger charge is -2.36. The van der Waals surface area contributed by atoms with Gasteiger partial charge in [0.2, 0.25) is 9.05 Å². The summed E-state index contributed by atoms with van der Waals surface area (Å²) in [6.45, 7) is 5.55. The van der Waals surface area contributed by atoms with Crippen molar-refractivity contribution < 1.29 is 13.2 Å². The van der Waals surface area contributed by atoms with Crippen molar-refractivity contribution in [3.8, 4) is 0 Å². The molecule has 0 N–H and O–H groups in total. The molecular weight excluding hydrogens is 272 g/mol. The number of hydrogen-bond donors (Lipinski definition) is 0. The summed E-state index contributed by atoms with van der Waals surface area (Å²) in [6, 6.07) is 0. The Kier molecular flexibility index (Phi) is 6.42. The highest BCUT2D eigenvalue weighted by Crippen LogP contribution is 2.38. The second-order valence-electron chi connectivity index (χ2n) is 5.98. The fourth-order valence-electron chi connectivity index (χ4n) is 2.61. The van der Waals surface area contributed by atoms with Crippen LogP contribution in [0.15, 0.2) is 0 Å². The van der Waals surface area contributed by atoms with Gasteiger partial charge in [0, 0.05) is 22.7 Å². The summed E-state index contributed by atoms with van der Waals surface area (Å²) in [5, 5.41) is 0. The molecule has 0 unspecified atom stereocenters. The first kappa shape index (κ1) is 16.3. The van der Waals surface area contributed by atoms with E-state index in [4.69, 9.17) is 15.4 Å². The molecule has 5 heteroatoms. The Hall–Kier alpha value is 0.200. The van der Waals surface area contributed by atoms with E-state index in [0.29, 0.717) is 19.1 Å². The van der Waals surface area contributed by atoms with Gasteiger partial charge in [-0.25, -0.2) is 8.42 Å². The molecule has 0 aliphatic heterocycles. The molecule has 1 aliphatic carbocycles. The fourth-order valence-corrected chi connectivity index (χ4v) is 4.40. The second kappa shape index (κ2) is 7.11. The summed E-state index contributed by atoms with van der Waals surface area (Å²) in [6.07, 6.45) is 6.21. The molecule has 1 saturated carbocycles. The maximum Gasteiger partial charge on any atom is 0.233 e. The SMILES string of the molecule is CC(C)CCOCC1(CS(=O)(=O)Cl)CCCCC1. The van der Waals surface area contributed by atoms with Gasteiger partial charge in [-0.3, -0.25) is 0 Å². The maximum absolute atomic E-state index is 11.4. The van der Waals surface area contributed by atoms with Gasteiger partial charge in [-0.2, -0.15) is 0 Å². The number of halogens is 1. The van der Waals surface area contributed by atoms with Crippen molar-refractivity contribution in [2.24, 2.45) is 11.3 Å². The zero-order chi connectivity index (χ0) is 13.6. The quantitative estimate of drug-likeness (QED) is 0.533. The summed E-state index contributed by atoms with van der Waals surface area (Å²) in [7, 11) is 1.99. The molecule has 0 aromatic carbocycles. The topological polar surface area (TPSA) is 43.4 Å². The van der Waals surface area contributed by atoms with Gasteiger partial charge in [-0.05, 0) is 25.2 Å². The van der Waals surface area contributed by atoms with E-state index in [0.717, 1.165) is 32.1 Å². The number of ether oxygens (including phenoxy) is 1. The van der Waals surface area contributed by atoms with Crippen molar-refractivity contribution >= 4 is 19.7 Å². The highest BCUT2D eigenvalue weighted by molar-refractivity contribution is 8.13. The molecule has 0 heterocycles. The van der Waals surface area contributed by atoms with E-state index in [1.165, 1.54) is 6.42 Å². The molecule has 3 nitrogen and oxygen atoms in total. The van der Waals surface area contributed by atoms with Crippen LogP contribution in [0.5, 0.6) is 0 Å². The summed E-state index contributed by atoms with van der Waals surface area (Å²) >= 11 is 0. The van der Waals surface area contributed by atoms with Crippen molar-refractivity contribution in [3.63, 3.8) is 0 Å². The van der Waals surface area contributed by atoms with Crippen LogP contribution in [0.4, 0.5) is 0 Å². The van der Waals surface area contributed by atoms with Gasteiger partial charge in [-0.15, -0.1) is 0 Å². The monoisotopic (exact) mass is 296 g/mol. The third-order valence-corrected chi connectivity index (χ3v) is 4.93. The van der Waals surface area contributed by atoms with Crippen LogP contribution in [0.25, 0.3) is 0 Å². The van der Waals surface area contributed by atoms with Gasteiger partial charge in [-0.1, -0.05) is 33.1 Å². The molecule has 0 amide bonds. The molecule has 18 heavy (non-hydrogen) atoms. The summed E-state index contributed by atoms with van der Waals surface area (Å²) in [5.41, 5.74) is -0.240. The van der Waals surface area contributed by atoms with Crippen LogP contribution in [0.1, 0.15) is 52.4 Å². The van der Waals surface area contributed by atoms with E-state index in [2.05, 4.69) is 13.8 Å². The maximum atomic E-state index is 11.4. The number of rotatable bonds is 7. The minimum Gasteiger partial charge on any atom is -0.381 e. The van der Waals surface area contributed by atoms with Crippen molar-refractivity contribution in [1.82, 2.24) is 0 Å². The van der Waals surface area contributed by atoms with E-state index in [1.54, 1.807) is 0 Å². The largest absolute Gasteiger partial charge is 0.381 e. The normalized spacial score (nSPS) is 20.2. The zero-order valence-corrected chi connectivity index (χ0v) is 13.0. The Morgan fingerprint density at radius 3 is 2.33 bits per heavy atom. The zero-order valence-electron chi connectivity index (χ0n) is 11.5. The van der Waals surface area contributed by atoms with Crippen molar-refractivity contribution in [1.29, 1.82) is 0 Å². The Morgan fingerprint density at radius 2 is 1.83 bits per heavy atom. The highest BCUT2D eigenvalue weighted by atomic mass is 35.7. The van der Waals surface area contributed by atoms with E-state index in [9.17, 15) is 8.42 Å². The van der Waals surface area contributed by atoms with Gasteiger partial charge in [0.25, 0.3) is 0 Å². The van der Waals surface area contributed by atoms with E-state index in [1.807, 2.05) is 0 Å². The first-order chi connectivity index (χ1) is 8.33. The highest BCUT2D eigenvalue weighted by Gasteiger charge is 2.36. The molecule has 0 aromatic rings. The van der Waals surface area contributed by atoms with E-state index < -0.39 is 9.05 Å². The predicted molar refractivity (Wildman–Crippen MR) is 75.4 cm³/mol. The van der Waals surface area contributed by atoms with Gasteiger partial charge in [0.1, 0.15) is 0 Å². The lowest BCUT2D eigenvalue weighted by Crippen LogP contribution is -2.35. The van der Waals surface area contributed by atoms with Crippen LogP contribution in [0.3, 0.4) is 0 Å². The lowest BCUT2D eigenvalue weighted by atomic mass is 9.76. The van der Waals surface area contributed by atoms with Gasteiger partial charge in [0.05, 0.1) is 12.4 Å². The number of hydrogen-bond acceptors (Lipinski definition) is 3. The summed E-state index contributed by atoms with van der Waals surface area (Å²) < 4.78 is 28.4. The average Bonchev–Trinajstić information content (AvgIpc) is 2.23. The van der Waals surface area contributed by atoms with Gasteiger partial charge >= 0.3 is 0 Å². The van der Waals surface area contributed by atoms with Crippen LogP contribution in [-0.4, -0.2) is 27.4 Å². The van der Waals surface area contributed by atoms with Gasteiger partial charge < -0.3 is 4.74 Å². The van der Waals surface area contributed by atoms with Crippen molar-refractivity contribution in [2.45, 2.75) is 52.4 Å². The molecule has 0 aromatic heterocycles. The Balaban J connectivity index is 2.50. The summed E-state index contributed by atoms with van der Waals surface area (Å²) in [5.74, 6) is 0.674. The molecule has 108 valence electrons. The average molecular weight is 297 g/mol. The fraction of sp³-hybridized carbons (Fsp3) is 1.00. The molecule has 0 atom stereocenters. The lowest BCUT2D eigenvalue weighted by molar-refractivity contribution is 0.0289. The molecular formula is C13H25ClO3S.